The van der Waals surface area contributed by atoms with Gasteiger partial charge in [-0.15, -0.1) is 18.5 Å². The van der Waals surface area contributed by atoms with Crippen LogP contribution < -0.4 is 11.1 Å². The van der Waals surface area contributed by atoms with Crippen molar-refractivity contribution in [1.82, 2.24) is 39.0 Å². The summed E-state index contributed by atoms with van der Waals surface area (Å²) in [5, 5.41) is 8.52. The van der Waals surface area contributed by atoms with Gasteiger partial charge in [-0.25, -0.2) is 19.9 Å². The molecule has 3 N–H and O–H groups in total. The van der Waals surface area contributed by atoms with Gasteiger partial charge in [0.25, 0.3) is 11.1 Å². The molecule has 2 fully saturated rings. The van der Waals surface area contributed by atoms with Crippen LogP contribution in [0.3, 0.4) is 0 Å². The lowest BCUT2D eigenvalue weighted by Gasteiger charge is -2.40. The van der Waals surface area contributed by atoms with E-state index in [2.05, 4.69) is 120 Å². The van der Waals surface area contributed by atoms with E-state index in [-0.39, 0.29) is 97.4 Å². The Morgan fingerprint density at radius 2 is 1.08 bits per heavy atom. The maximum atomic E-state index is 12.1. The first-order valence-corrected chi connectivity index (χ1v) is 44.8. The van der Waals surface area contributed by atoms with Crippen molar-refractivity contribution in [2.75, 3.05) is 19.8 Å². The van der Waals surface area contributed by atoms with Gasteiger partial charge in [0.15, 0.2) is 51.4 Å². The highest BCUT2D eigenvalue weighted by Gasteiger charge is 2.52. The Morgan fingerprint density at radius 1 is 0.697 bits per heavy atom. The van der Waals surface area contributed by atoms with E-state index in [1.54, 1.807) is 80.2 Å². The Kier molecular flexibility index (Phi) is 31.2. The fourth-order valence-electron chi connectivity index (χ4n) is 6.56. The average Bonchev–Trinajstić information content (AvgIpc) is 4.10. The minimum absolute atomic E-state index is 0. The van der Waals surface area contributed by atoms with Gasteiger partial charge in [0, 0.05) is 132 Å². The third-order valence-corrected chi connectivity index (χ3v) is 42.6. The van der Waals surface area contributed by atoms with Crippen molar-refractivity contribution in [3.63, 3.8) is 0 Å². The second-order valence-electron chi connectivity index (χ2n) is 19.1. The van der Waals surface area contributed by atoms with Crippen LogP contribution in [0.5, 0.6) is 0 Å². The molecule has 21 nitrogen and oxygen atoms in total. The number of nitrogens with one attached hydrogen (secondary N) is 2. The lowest BCUT2D eigenvalue weighted by Crippen LogP contribution is -2.46. The van der Waals surface area contributed by atoms with E-state index in [0.717, 1.165) is 0 Å². The highest BCUT2D eigenvalue weighted by atomic mass is 33.4. The molecule has 2 aliphatic rings. The van der Waals surface area contributed by atoms with Crippen LogP contribution in [0.25, 0.3) is 22.3 Å². The molecular weight excluding hydrogens is 1290 g/mol. The Morgan fingerprint density at radius 3 is 1.43 bits per heavy atom. The summed E-state index contributed by atoms with van der Waals surface area (Å²) in [6.45, 7) is 25.5. The highest BCUT2D eigenvalue weighted by Crippen LogP contribution is 2.46. The smallest absolute Gasteiger partial charge is 0.409 e. The zero-order valence-electron chi connectivity index (χ0n) is 42.1. The maximum Gasteiger partial charge on any atom is 0.697 e. The van der Waals surface area contributed by atoms with Crippen LogP contribution in [0, 0.1) is 23.2 Å². The molecule has 6 rings (SSSR count). The largest absolute Gasteiger partial charge is 0.697 e. The van der Waals surface area contributed by atoms with Gasteiger partial charge in [0.2, 0.25) is 0 Å². The Bertz CT molecular complexity index is 3210. The summed E-state index contributed by atoms with van der Waals surface area (Å²) in [7, 11) is 6.83. The molecule has 10 atom stereocenters. The van der Waals surface area contributed by atoms with E-state index < -0.39 is 57.8 Å². The van der Waals surface area contributed by atoms with Gasteiger partial charge in [0.05, 0.1) is 62.2 Å². The van der Waals surface area contributed by atoms with Gasteiger partial charge in [-0.1, -0.05) is 70.2 Å². The number of ether oxygens (including phenoxy) is 2. The van der Waals surface area contributed by atoms with E-state index >= 15 is 0 Å². The molecule has 0 aromatic carbocycles. The molecule has 4 aromatic rings. The van der Waals surface area contributed by atoms with Gasteiger partial charge in [-0.3, -0.25) is 18.7 Å². The Labute approximate surface area is 485 Å². The van der Waals surface area contributed by atoms with Crippen LogP contribution in [0.15, 0.2) is 34.9 Å². The molecule has 0 spiro atoms. The number of nitrogens with zero attached hydrogens (tertiary/aromatic N) is 7. The molecular formula is C39H67N9O12P2S12Si2+2. The molecule has 4 aromatic heterocycles. The fraction of sp³-hybridized carbons (Fsp3) is 0.718. The molecule has 428 valence electrons. The molecule has 0 bridgehead atoms. The van der Waals surface area contributed by atoms with E-state index in [1.807, 2.05) is 19.9 Å². The Hall–Kier alpha value is -0.856. The molecule has 2 aliphatic heterocycles. The average molecular weight is 1360 g/mol. The first-order chi connectivity index (χ1) is 34.8. The minimum atomic E-state index is -2.73. The van der Waals surface area contributed by atoms with Crippen molar-refractivity contribution in [2.45, 2.75) is 150 Å². The number of aromatic amines is 2. The van der Waals surface area contributed by atoms with Crippen LogP contribution in [0.1, 0.15) is 89.1 Å². The van der Waals surface area contributed by atoms with E-state index in [0.29, 0.717) is 11.3 Å². The number of nitriles is 1. The molecule has 0 aliphatic carbocycles. The number of fused-ring (bicyclic) bond motifs is 2. The molecule has 0 radical (unpaired) electrons. The summed E-state index contributed by atoms with van der Waals surface area (Å²) < 4.78 is 67.7. The lowest BCUT2D eigenvalue weighted by molar-refractivity contribution is -0.0441. The normalized spacial score (nSPS) is 21.6. The maximum absolute atomic E-state index is 12.1. The fourth-order valence-corrected chi connectivity index (χ4v) is 32.1. The number of hydrogen-bond acceptors (Lipinski definition) is 18. The van der Waals surface area contributed by atoms with Crippen molar-refractivity contribution in [3.8, 4) is 6.07 Å². The summed E-state index contributed by atoms with van der Waals surface area (Å²) in [4.78, 5) is 55.2. The molecule has 2 saturated heterocycles. The third-order valence-electron chi connectivity index (χ3n) is 12.5. The van der Waals surface area contributed by atoms with Crippen molar-refractivity contribution in [3.05, 3.63) is 46.0 Å². The SMILES string of the molecule is C.C.C[C@H]1[C@@H](O[Si](C)(C)C(C)(C)C)[C@H](n2cnc3c(=O)[nH]cnc32)O[C@@H]1CO[P+](=O)O.C[C@H]1[C@@H](O[Si](C)(C)C(C)(C)C)[C@H](n2cnc3c(=O)[nH]cnc32)O[C@@H]1CO[P+](=O)OCCC#N.S=S=S=S=S=S=S=S=S=S=S=S. The first-order valence-electron chi connectivity index (χ1n) is 22.1. The van der Waals surface area contributed by atoms with Crippen LogP contribution in [0.2, 0.25) is 36.3 Å². The molecule has 37 heteroatoms. The summed E-state index contributed by atoms with van der Waals surface area (Å²) >= 11 is 9.38. The molecule has 0 amide bonds. The van der Waals surface area contributed by atoms with E-state index in [9.17, 15) is 18.7 Å². The lowest BCUT2D eigenvalue weighted by atomic mass is 10.0. The van der Waals surface area contributed by atoms with E-state index in [4.69, 9.17) is 42.1 Å². The van der Waals surface area contributed by atoms with Crippen LogP contribution in [-0.2, 0) is 152 Å². The van der Waals surface area contributed by atoms with Crippen LogP contribution >= 0.6 is 16.5 Å². The monoisotopic (exact) mass is 1360 g/mol. The predicted octanol–water partition coefficient (Wildman–Crippen LogP) is 7.60. The third kappa shape index (κ3) is 20.2. The number of H-pyrrole nitrogens is 2. The van der Waals surface area contributed by atoms with Gasteiger partial charge < -0.3 is 28.3 Å². The van der Waals surface area contributed by atoms with Gasteiger partial charge in [0.1, 0.15) is 19.8 Å². The second-order valence-corrected chi connectivity index (χ2v) is 48.0. The Balaban J connectivity index is 0.000000422. The quantitative estimate of drug-likeness (QED) is 0.0587. The zero-order chi connectivity index (χ0) is 55.0. The number of aromatic nitrogens is 8. The van der Waals surface area contributed by atoms with Crippen molar-refractivity contribution < 1.29 is 45.9 Å². The van der Waals surface area contributed by atoms with Crippen LogP contribution in [0.4, 0.5) is 0 Å². The van der Waals surface area contributed by atoms with Crippen molar-refractivity contribution in [1.29, 1.82) is 5.26 Å². The van der Waals surface area contributed by atoms with Gasteiger partial charge in [-0.2, -0.15) is 5.26 Å². The topological polar surface area (TPSA) is 270 Å². The second kappa shape index (κ2) is 33.3. The van der Waals surface area contributed by atoms with Crippen LogP contribution in [-0.4, -0.2) is 105 Å². The van der Waals surface area contributed by atoms with Crippen molar-refractivity contribution >= 4 is 167 Å². The first kappa shape index (κ1) is 71.2. The predicted molar refractivity (Wildman–Crippen MR) is 334 cm³/mol. The minimum Gasteiger partial charge on any atom is -0.409 e. The summed E-state index contributed by atoms with van der Waals surface area (Å²) in [5.41, 5.74) is 0.551. The van der Waals surface area contributed by atoms with Gasteiger partial charge >= 0.3 is 16.5 Å². The molecule has 76 heavy (non-hydrogen) atoms. The summed E-state index contributed by atoms with van der Waals surface area (Å²) in [6, 6.07) is 1.92. The molecule has 2 unspecified atom stereocenters. The number of rotatable bonds is 15. The number of imidazole rings is 2. The summed E-state index contributed by atoms with van der Waals surface area (Å²) in [6.07, 6.45) is 3.01. The standard InChI is InChI=1S/C20H30N5O6PSi.C17H27N4O6PSi.2CH4.S12/c1-13-14(10-29-32(27)28-9-7-8-21)30-19(16(13)31-33(5,6)20(2,3)4)25-12-24-15-17(25)22-11-23-18(15)26;1-10-11(7-25-28(23)24)26-16(13(10)27-29(5,6)17(2,3)4)21-9-20-12-14(21)18-8-19-15(12)22;;;1-3-5-7-9-11-12-10-8-6-4-2/h11-14,16,19H,7,9-10H2,1-6H3;8-11,13,16H,7H2,1-6H3,(H-,18,19,22,23,24);2*1H4;/p+2/t13-,14-,16-,19-;10-,11-,13-,16-;;;/m11.../s1. The van der Waals surface area contributed by atoms with Crippen molar-refractivity contribution in [2.24, 2.45) is 11.8 Å². The summed E-state index contributed by atoms with van der Waals surface area (Å²) in [5.74, 6) is -0.241. The molecule has 0 saturated carbocycles. The molecule has 6 heterocycles. The zero-order valence-corrected chi connectivity index (χ0v) is 55.7. The highest BCUT2D eigenvalue weighted by molar-refractivity contribution is 8.75. The van der Waals surface area contributed by atoms with Gasteiger partial charge in [-0.05, 0) is 36.3 Å². The van der Waals surface area contributed by atoms with E-state index in [1.165, 1.54) is 43.1 Å². The number of hydrogen-bond donors (Lipinski definition) is 3.